The van der Waals surface area contributed by atoms with Crippen LogP contribution < -0.4 is 4.90 Å². The minimum Gasteiger partial charge on any atom is -0.469 e. The number of furan rings is 1. The molecule has 1 atom stereocenters. The molecule has 1 aromatic heterocycles. The number of anilines is 1. The number of rotatable bonds is 12. The molecule has 1 unspecified atom stereocenters. The lowest BCUT2D eigenvalue weighted by Crippen LogP contribution is -2.34. The zero-order valence-electron chi connectivity index (χ0n) is 25.8. The van der Waals surface area contributed by atoms with Gasteiger partial charge in [-0.1, -0.05) is 68.5 Å². The number of nitrogens with zero attached hydrogens (tertiary/aromatic N) is 2. The van der Waals surface area contributed by atoms with Gasteiger partial charge in [0.2, 0.25) is 5.69 Å². The molecule has 3 aromatic carbocycles. The Bertz CT molecular complexity index is 1540. The molecule has 3 heteroatoms. The predicted octanol–water partition coefficient (Wildman–Crippen LogP) is 9.95. The average molecular weight is 560 g/mol. The van der Waals surface area contributed by atoms with Gasteiger partial charge in [-0.05, 0) is 85.9 Å². The summed E-state index contributed by atoms with van der Waals surface area (Å²) in [5, 5.41) is 2.66. The molecule has 0 amide bonds. The number of unbranched alkanes of at least 4 members (excludes halogenated alkanes) is 1. The number of hydrogen-bond donors (Lipinski definition) is 0. The Balaban J connectivity index is 1.39. The van der Waals surface area contributed by atoms with Gasteiger partial charge in [-0.15, -0.1) is 0 Å². The van der Waals surface area contributed by atoms with Gasteiger partial charge < -0.3 is 9.32 Å². The number of hydrogen-bond acceptors (Lipinski definition) is 2. The summed E-state index contributed by atoms with van der Waals surface area (Å²) in [6.45, 7) is 9.97. The van der Waals surface area contributed by atoms with Crippen molar-refractivity contribution in [1.82, 2.24) is 0 Å². The highest BCUT2D eigenvalue weighted by atomic mass is 16.3. The Hall–Kier alpha value is -3.59. The zero-order chi connectivity index (χ0) is 28.9. The fraction of sp³-hybridized carbons (Fsp3) is 0.410. The van der Waals surface area contributed by atoms with E-state index in [1.165, 1.54) is 83.9 Å². The van der Waals surface area contributed by atoms with Gasteiger partial charge >= 0.3 is 0 Å². The molecule has 218 valence electrons. The Kier molecular flexibility index (Phi) is 8.65. The maximum atomic E-state index is 5.99. The molecule has 1 aliphatic carbocycles. The summed E-state index contributed by atoms with van der Waals surface area (Å²) in [5.74, 6) is 1.99. The average Bonchev–Trinajstić information content (AvgIpc) is 3.77. The summed E-state index contributed by atoms with van der Waals surface area (Å²) in [5.41, 5.74) is 6.48. The molecule has 1 aliphatic heterocycles. The first-order chi connectivity index (χ1) is 20.6. The van der Waals surface area contributed by atoms with Crippen LogP contribution in [-0.4, -0.2) is 29.9 Å². The van der Waals surface area contributed by atoms with Gasteiger partial charge in [-0.2, -0.15) is 4.58 Å². The van der Waals surface area contributed by atoms with E-state index < -0.39 is 0 Å². The van der Waals surface area contributed by atoms with Crippen LogP contribution in [0.4, 0.5) is 11.4 Å². The smallest absolute Gasteiger partial charge is 0.210 e. The second-order valence-corrected chi connectivity index (χ2v) is 12.5. The molecule has 0 radical (unpaired) electrons. The fourth-order valence-corrected chi connectivity index (χ4v) is 7.64. The predicted molar refractivity (Wildman–Crippen MR) is 178 cm³/mol. The van der Waals surface area contributed by atoms with Crippen molar-refractivity contribution in [2.75, 3.05) is 24.5 Å². The van der Waals surface area contributed by atoms with Gasteiger partial charge in [0.25, 0.3) is 0 Å². The van der Waals surface area contributed by atoms with Crippen LogP contribution >= 0.6 is 0 Å². The molecule has 1 fully saturated rings. The molecular formula is C39H47N2O+. The Morgan fingerprint density at radius 2 is 1.67 bits per heavy atom. The monoisotopic (exact) mass is 559 g/mol. The Morgan fingerprint density at radius 1 is 0.881 bits per heavy atom. The van der Waals surface area contributed by atoms with Crippen LogP contribution in [0.2, 0.25) is 0 Å². The molecule has 2 heterocycles. The van der Waals surface area contributed by atoms with Crippen LogP contribution in [0.5, 0.6) is 0 Å². The van der Waals surface area contributed by atoms with Crippen molar-refractivity contribution >= 4 is 33.9 Å². The van der Waals surface area contributed by atoms with Crippen LogP contribution in [0.1, 0.15) is 82.6 Å². The summed E-state index contributed by atoms with van der Waals surface area (Å²) in [4.78, 5) is 2.40. The van der Waals surface area contributed by atoms with Crippen LogP contribution in [0.25, 0.3) is 16.8 Å². The third-order valence-electron chi connectivity index (χ3n) is 9.89. The highest BCUT2D eigenvalue weighted by Crippen LogP contribution is 2.46. The molecule has 0 N–H and O–H groups in total. The first-order valence-corrected chi connectivity index (χ1v) is 16.3. The number of allylic oxidation sites excluding steroid dienone is 1. The third kappa shape index (κ3) is 5.71. The summed E-state index contributed by atoms with van der Waals surface area (Å²) < 4.78 is 8.62. The maximum absolute atomic E-state index is 5.99. The minimum absolute atomic E-state index is 0.211. The van der Waals surface area contributed by atoms with E-state index in [0.717, 1.165) is 37.7 Å². The van der Waals surface area contributed by atoms with Gasteiger partial charge in [-0.25, -0.2) is 0 Å². The standard InChI is InChI=1S/C39H47N2O/c1-4-40(5-2)33-23-19-31(20-24-33)21-26-37-39(3,29-34-17-12-28-42-34)38-35-18-9-8-16-32(35)22-25-36(38)41(37)27-11-10-15-30-13-6-7-14-30/h8-9,12,16-26,28,30H,4-7,10-11,13-15,27,29H2,1-3H3/q+1. The van der Waals surface area contributed by atoms with Gasteiger partial charge in [0.15, 0.2) is 5.71 Å². The van der Waals surface area contributed by atoms with Crippen molar-refractivity contribution < 1.29 is 8.99 Å². The SMILES string of the molecule is CCN(CC)c1ccc(C=CC2=[N+](CCCCC3CCCC3)c3ccc4ccccc4c3C2(C)Cc2ccco2)cc1. The molecule has 6 rings (SSSR count). The highest BCUT2D eigenvalue weighted by Gasteiger charge is 2.49. The van der Waals surface area contributed by atoms with Crippen molar-refractivity contribution in [2.45, 2.75) is 77.6 Å². The number of fused-ring (bicyclic) bond motifs is 3. The lowest BCUT2D eigenvalue weighted by Gasteiger charge is -2.23. The summed E-state index contributed by atoms with van der Waals surface area (Å²) in [7, 11) is 0. The second kappa shape index (κ2) is 12.7. The van der Waals surface area contributed by atoms with Crippen LogP contribution in [0, 0.1) is 5.92 Å². The van der Waals surface area contributed by atoms with Crippen LogP contribution in [0.3, 0.4) is 0 Å². The molecule has 1 saturated carbocycles. The molecule has 2 aliphatic rings. The van der Waals surface area contributed by atoms with E-state index in [-0.39, 0.29) is 5.41 Å². The first-order valence-electron chi connectivity index (χ1n) is 16.3. The lowest BCUT2D eigenvalue weighted by molar-refractivity contribution is -0.438. The van der Waals surface area contributed by atoms with E-state index in [0.29, 0.717) is 0 Å². The molecule has 4 aromatic rings. The summed E-state index contributed by atoms with van der Waals surface area (Å²) in [6.07, 6.45) is 17.0. The van der Waals surface area contributed by atoms with E-state index in [2.05, 4.69) is 109 Å². The van der Waals surface area contributed by atoms with E-state index >= 15 is 0 Å². The van der Waals surface area contributed by atoms with E-state index in [1.54, 1.807) is 0 Å². The fourth-order valence-electron chi connectivity index (χ4n) is 7.64. The van der Waals surface area contributed by atoms with E-state index in [9.17, 15) is 0 Å². The quantitative estimate of drug-likeness (QED) is 0.127. The third-order valence-corrected chi connectivity index (χ3v) is 9.89. The summed E-state index contributed by atoms with van der Waals surface area (Å²) in [6, 6.07) is 26.8. The van der Waals surface area contributed by atoms with Crippen LogP contribution in [0.15, 0.2) is 89.6 Å². The topological polar surface area (TPSA) is 19.4 Å². The Labute approximate surface area is 252 Å². The molecule has 0 spiro atoms. The lowest BCUT2D eigenvalue weighted by atomic mass is 9.74. The molecule has 0 saturated heterocycles. The zero-order valence-corrected chi connectivity index (χ0v) is 25.8. The van der Waals surface area contributed by atoms with E-state index in [1.807, 2.05) is 12.3 Å². The van der Waals surface area contributed by atoms with Gasteiger partial charge in [0.05, 0.1) is 11.7 Å². The first kappa shape index (κ1) is 28.5. The van der Waals surface area contributed by atoms with Crippen molar-refractivity contribution in [3.63, 3.8) is 0 Å². The largest absolute Gasteiger partial charge is 0.469 e. The minimum atomic E-state index is -0.211. The maximum Gasteiger partial charge on any atom is 0.210 e. The Morgan fingerprint density at radius 3 is 2.40 bits per heavy atom. The van der Waals surface area contributed by atoms with Gasteiger partial charge in [-0.3, -0.25) is 0 Å². The highest BCUT2D eigenvalue weighted by molar-refractivity contribution is 6.09. The van der Waals surface area contributed by atoms with Crippen LogP contribution in [-0.2, 0) is 11.8 Å². The molecule has 0 bridgehead atoms. The second-order valence-electron chi connectivity index (χ2n) is 12.5. The molecule has 3 nitrogen and oxygen atoms in total. The molecular weight excluding hydrogens is 512 g/mol. The molecule has 42 heavy (non-hydrogen) atoms. The normalized spacial score (nSPS) is 18.9. The number of benzene rings is 3. The van der Waals surface area contributed by atoms with Crippen molar-refractivity contribution in [3.8, 4) is 0 Å². The van der Waals surface area contributed by atoms with Gasteiger partial charge in [0.1, 0.15) is 12.3 Å². The van der Waals surface area contributed by atoms with Gasteiger partial charge in [0, 0.05) is 49.3 Å². The van der Waals surface area contributed by atoms with Crippen molar-refractivity contribution in [2.24, 2.45) is 5.92 Å². The summed E-state index contributed by atoms with van der Waals surface area (Å²) >= 11 is 0. The van der Waals surface area contributed by atoms with Crippen molar-refractivity contribution in [1.29, 1.82) is 0 Å². The van der Waals surface area contributed by atoms with Crippen molar-refractivity contribution in [3.05, 3.63) is 102 Å². The van der Waals surface area contributed by atoms with E-state index in [4.69, 9.17) is 4.42 Å².